The van der Waals surface area contributed by atoms with Crippen molar-refractivity contribution in [3.63, 3.8) is 0 Å². The monoisotopic (exact) mass is 336 g/mol. The van der Waals surface area contributed by atoms with E-state index in [4.69, 9.17) is 4.74 Å². The molecule has 7 nitrogen and oxygen atoms in total. The largest absolute Gasteiger partial charge is 0.378 e. The molecule has 0 atom stereocenters. The van der Waals surface area contributed by atoms with Crippen molar-refractivity contribution in [2.75, 3.05) is 13.2 Å². The first-order chi connectivity index (χ1) is 8.40. The average Bonchev–Trinajstić information content (AvgIpc) is 2.23. The fourth-order valence-electron chi connectivity index (χ4n) is 1.39. The molecular weight excluding hydrogens is 328 g/mol. The van der Waals surface area contributed by atoms with E-state index >= 15 is 0 Å². The number of sulfonamides is 1. The molecule has 2 rings (SSSR count). The van der Waals surface area contributed by atoms with E-state index in [0.717, 1.165) is 6.07 Å². The van der Waals surface area contributed by atoms with E-state index < -0.39 is 14.9 Å². The highest BCUT2D eigenvalue weighted by molar-refractivity contribution is 9.10. The maximum Gasteiger partial charge on any atom is 0.284 e. The first kappa shape index (κ1) is 13.4. The minimum atomic E-state index is -3.75. The summed E-state index contributed by atoms with van der Waals surface area (Å²) < 4.78 is 31.3. The molecule has 1 heterocycles. The lowest BCUT2D eigenvalue weighted by atomic mass is 10.3. The predicted molar refractivity (Wildman–Crippen MR) is 65.7 cm³/mol. The molecule has 1 aliphatic heterocycles. The molecule has 0 spiro atoms. The van der Waals surface area contributed by atoms with Crippen LogP contribution in [0.3, 0.4) is 0 Å². The second-order valence-electron chi connectivity index (χ2n) is 3.73. The van der Waals surface area contributed by atoms with Gasteiger partial charge >= 0.3 is 0 Å². The number of hydrogen-bond donors (Lipinski definition) is 1. The first-order valence-electron chi connectivity index (χ1n) is 4.94. The molecule has 0 radical (unpaired) electrons. The third kappa shape index (κ3) is 2.69. The SMILES string of the molecule is O=[N+]([O-])c1cc(S(=O)(=O)NC2COC2)ccc1Br. The molecule has 0 amide bonds. The highest BCUT2D eigenvalue weighted by Crippen LogP contribution is 2.27. The lowest BCUT2D eigenvalue weighted by Gasteiger charge is -2.26. The second-order valence-corrected chi connectivity index (χ2v) is 6.29. The van der Waals surface area contributed by atoms with Gasteiger partial charge in [0, 0.05) is 6.07 Å². The number of nitrogens with one attached hydrogen (secondary N) is 1. The van der Waals surface area contributed by atoms with Crippen LogP contribution in [0.25, 0.3) is 0 Å². The summed E-state index contributed by atoms with van der Waals surface area (Å²) in [5.74, 6) is 0. The molecule has 1 N–H and O–H groups in total. The standard InChI is InChI=1S/C9H9BrN2O5S/c10-8-2-1-7(3-9(8)12(13)14)18(15,16)11-6-4-17-5-6/h1-3,6,11H,4-5H2. The summed E-state index contributed by atoms with van der Waals surface area (Å²) in [6, 6.07) is 3.40. The van der Waals surface area contributed by atoms with Crippen LogP contribution in [-0.4, -0.2) is 32.6 Å². The first-order valence-corrected chi connectivity index (χ1v) is 7.22. The molecule has 0 aliphatic carbocycles. The zero-order valence-corrected chi connectivity index (χ0v) is 11.4. The summed E-state index contributed by atoms with van der Waals surface area (Å²) in [4.78, 5) is 9.95. The Morgan fingerprint density at radius 1 is 1.44 bits per heavy atom. The molecule has 1 aromatic rings. The minimum absolute atomic E-state index is 0.135. The number of nitro groups is 1. The molecular formula is C9H9BrN2O5S. The zero-order chi connectivity index (χ0) is 13.3. The van der Waals surface area contributed by atoms with Gasteiger partial charge in [-0.05, 0) is 28.1 Å². The summed E-state index contributed by atoms with van der Waals surface area (Å²) in [6.45, 7) is 0.635. The smallest absolute Gasteiger partial charge is 0.284 e. The fraction of sp³-hybridized carbons (Fsp3) is 0.333. The molecule has 0 bridgehead atoms. The van der Waals surface area contributed by atoms with Crippen molar-refractivity contribution in [2.24, 2.45) is 0 Å². The molecule has 1 aromatic carbocycles. The van der Waals surface area contributed by atoms with E-state index in [0.29, 0.717) is 13.2 Å². The number of ether oxygens (including phenoxy) is 1. The van der Waals surface area contributed by atoms with Crippen LogP contribution in [0.15, 0.2) is 27.6 Å². The van der Waals surface area contributed by atoms with Gasteiger partial charge in [-0.15, -0.1) is 0 Å². The lowest BCUT2D eigenvalue weighted by molar-refractivity contribution is -0.385. The number of rotatable bonds is 4. The van der Waals surface area contributed by atoms with Crippen molar-refractivity contribution in [3.05, 3.63) is 32.8 Å². The second kappa shape index (κ2) is 4.92. The van der Waals surface area contributed by atoms with E-state index in [-0.39, 0.29) is 21.1 Å². The fourth-order valence-corrected chi connectivity index (χ4v) is 3.01. The highest BCUT2D eigenvalue weighted by atomic mass is 79.9. The number of nitro benzene ring substituents is 1. The number of benzene rings is 1. The lowest BCUT2D eigenvalue weighted by Crippen LogP contribution is -2.48. The number of halogens is 1. The van der Waals surface area contributed by atoms with Crippen LogP contribution in [0.1, 0.15) is 0 Å². The van der Waals surface area contributed by atoms with E-state index in [1.54, 1.807) is 0 Å². The normalized spacial score (nSPS) is 16.3. The van der Waals surface area contributed by atoms with Crippen molar-refractivity contribution in [1.29, 1.82) is 0 Å². The van der Waals surface area contributed by atoms with Gasteiger partial charge in [-0.25, -0.2) is 13.1 Å². The maximum atomic E-state index is 11.9. The molecule has 0 unspecified atom stereocenters. The van der Waals surface area contributed by atoms with Crippen LogP contribution in [-0.2, 0) is 14.8 Å². The molecule has 98 valence electrons. The van der Waals surface area contributed by atoms with Gasteiger partial charge in [0.05, 0.1) is 33.5 Å². The van der Waals surface area contributed by atoms with E-state index in [1.165, 1.54) is 12.1 Å². The van der Waals surface area contributed by atoms with E-state index in [1.807, 2.05) is 0 Å². The van der Waals surface area contributed by atoms with Gasteiger partial charge in [-0.2, -0.15) is 0 Å². The van der Waals surface area contributed by atoms with Crippen LogP contribution >= 0.6 is 15.9 Å². The van der Waals surface area contributed by atoms with Crippen LogP contribution in [0.2, 0.25) is 0 Å². The van der Waals surface area contributed by atoms with Crippen LogP contribution in [0, 0.1) is 10.1 Å². The van der Waals surface area contributed by atoms with E-state index in [9.17, 15) is 18.5 Å². The highest BCUT2D eigenvalue weighted by Gasteiger charge is 2.27. The summed E-state index contributed by atoms with van der Waals surface area (Å²) in [7, 11) is -3.75. The van der Waals surface area contributed by atoms with Gasteiger partial charge in [-0.1, -0.05) is 0 Å². The Kier molecular flexibility index (Phi) is 3.66. The summed E-state index contributed by atoms with van der Waals surface area (Å²) in [5.41, 5.74) is -0.289. The van der Waals surface area contributed by atoms with Crippen molar-refractivity contribution in [2.45, 2.75) is 10.9 Å². The molecule has 9 heteroatoms. The van der Waals surface area contributed by atoms with E-state index in [2.05, 4.69) is 20.7 Å². The number of nitrogens with zero attached hydrogens (tertiary/aromatic N) is 1. The third-order valence-electron chi connectivity index (χ3n) is 2.38. The van der Waals surface area contributed by atoms with Crippen LogP contribution in [0.4, 0.5) is 5.69 Å². The van der Waals surface area contributed by atoms with Gasteiger partial charge in [-0.3, -0.25) is 10.1 Å². The number of hydrogen-bond acceptors (Lipinski definition) is 5. The summed E-state index contributed by atoms with van der Waals surface area (Å²) in [5, 5.41) is 10.7. The van der Waals surface area contributed by atoms with Crippen LogP contribution < -0.4 is 4.72 Å². The minimum Gasteiger partial charge on any atom is -0.378 e. The van der Waals surface area contributed by atoms with Crippen molar-refractivity contribution < 1.29 is 18.1 Å². The Morgan fingerprint density at radius 2 is 2.11 bits per heavy atom. The Morgan fingerprint density at radius 3 is 2.61 bits per heavy atom. The molecule has 18 heavy (non-hydrogen) atoms. The van der Waals surface area contributed by atoms with Gasteiger partial charge in [0.25, 0.3) is 5.69 Å². The quantitative estimate of drug-likeness (QED) is 0.654. The Labute approximate surface area is 111 Å². The van der Waals surface area contributed by atoms with Gasteiger partial charge < -0.3 is 4.74 Å². The summed E-state index contributed by atoms with van der Waals surface area (Å²) >= 11 is 3.00. The Balaban J connectivity index is 2.32. The van der Waals surface area contributed by atoms with Crippen molar-refractivity contribution >= 4 is 31.6 Å². The average molecular weight is 337 g/mol. The molecule has 1 aliphatic rings. The van der Waals surface area contributed by atoms with Crippen molar-refractivity contribution in [3.8, 4) is 0 Å². The Hall–Kier alpha value is -1.03. The van der Waals surface area contributed by atoms with Gasteiger partial charge in [0.2, 0.25) is 10.0 Å². The Bertz CT molecular complexity index is 585. The molecule has 1 saturated heterocycles. The predicted octanol–water partition coefficient (Wildman–Crippen LogP) is 1.03. The third-order valence-corrected chi connectivity index (χ3v) is 4.57. The van der Waals surface area contributed by atoms with Crippen LogP contribution in [0.5, 0.6) is 0 Å². The molecule has 0 saturated carbocycles. The zero-order valence-electron chi connectivity index (χ0n) is 9.00. The topological polar surface area (TPSA) is 98.5 Å². The summed E-state index contributed by atoms with van der Waals surface area (Å²) in [6.07, 6.45) is 0. The van der Waals surface area contributed by atoms with Gasteiger partial charge in [0.1, 0.15) is 0 Å². The maximum absolute atomic E-state index is 11.9. The molecule has 1 fully saturated rings. The molecule has 0 aromatic heterocycles. The van der Waals surface area contributed by atoms with Crippen molar-refractivity contribution in [1.82, 2.24) is 4.72 Å². The van der Waals surface area contributed by atoms with Gasteiger partial charge in [0.15, 0.2) is 0 Å².